The van der Waals surface area contributed by atoms with Gasteiger partial charge < -0.3 is 9.79 Å². The summed E-state index contributed by atoms with van der Waals surface area (Å²) in [5.41, 5.74) is -3.22. The summed E-state index contributed by atoms with van der Waals surface area (Å²) in [4.78, 5) is 22.9. The normalized spacial score (nSPS) is 11.7. The van der Waals surface area contributed by atoms with Gasteiger partial charge in [-0.05, 0) is 11.8 Å². The van der Waals surface area contributed by atoms with Crippen molar-refractivity contribution in [2.24, 2.45) is 11.8 Å². The van der Waals surface area contributed by atoms with Crippen molar-refractivity contribution in [2.75, 3.05) is 11.5 Å². The van der Waals surface area contributed by atoms with E-state index in [4.69, 9.17) is 0 Å². The zero-order valence-corrected chi connectivity index (χ0v) is 15.6. The minimum atomic E-state index is -3.22. The quantitative estimate of drug-likeness (QED) is 0.426. The molecule has 0 aromatic rings. The van der Waals surface area contributed by atoms with Gasteiger partial charge in [-0.1, -0.05) is 27.7 Å². The van der Waals surface area contributed by atoms with Crippen molar-refractivity contribution < 1.29 is 29.3 Å². The Kier molecular flexibility index (Phi) is 12.0. The van der Waals surface area contributed by atoms with E-state index in [1.165, 1.54) is 0 Å². The molecule has 0 N–H and O–H groups in total. The van der Waals surface area contributed by atoms with Gasteiger partial charge in [0.1, 0.15) is 10.9 Å². The van der Waals surface area contributed by atoms with Crippen LogP contribution in [0.5, 0.6) is 0 Å². The molecule has 0 atom stereocenters. The second kappa shape index (κ2) is 9.56. The van der Waals surface area contributed by atoms with Crippen LogP contribution in [0.3, 0.4) is 0 Å². The van der Waals surface area contributed by atoms with Gasteiger partial charge >= 0.3 is 19.5 Å². The van der Waals surface area contributed by atoms with Gasteiger partial charge in [0.05, 0.1) is 0 Å². The summed E-state index contributed by atoms with van der Waals surface area (Å²) in [6.07, 6.45) is 0.971. The second-order valence-corrected chi connectivity index (χ2v) is 11.4. The van der Waals surface area contributed by atoms with Crippen LogP contribution in [0, 0.1) is 11.8 Å². The predicted octanol–water partition coefficient (Wildman–Crippen LogP) is 1.90. The van der Waals surface area contributed by atoms with Crippen LogP contribution >= 0.6 is 17.1 Å². The van der Waals surface area contributed by atoms with Gasteiger partial charge in [0.25, 0.3) is 0 Å². The van der Waals surface area contributed by atoms with Crippen LogP contribution in [-0.4, -0.2) is 11.5 Å². The molecule has 15 heavy (non-hydrogen) atoms. The smallest absolute Gasteiger partial charge is 0.790 e. The Bertz CT molecular complexity index is 204. The van der Waals surface area contributed by atoms with Crippen LogP contribution in [0.4, 0.5) is 0 Å². The number of rotatable bonds is 6. The molecular weight excluding hydrogens is 301 g/mol. The molecule has 6 heteroatoms. The van der Waals surface area contributed by atoms with E-state index in [1.807, 2.05) is 13.8 Å². The molecule has 2 nitrogen and oxygen atoms in total. The summed E-state index contributed by atoms with van der Waals surface area (Å²) < 4.78 is 0. The first-order valence-corrected chi connectivity index (χ1v) is 9.74. The van der Waals surface area contributed by atoms with E-state index >= 15 is 0 Å². The zero-order chi connectivity index (χ0) is 11.2. The molecule has 0 radical (unpaired) electrons. The third-order valence-corrected chi connectivity index (χ3v) is 8.17. The molecule has 0 fully saturated rings. The first-order chi connectivity index (χ1) is 6.33. The van der Waals surface area contributed by atoms with Crippen molar-refractivity contribution in [3.05, 3.63) is 0 Å². The van der Waals surface area contributed by atoms with E-state index in [-0.39, 0.29) is 19.5 Å². The molecule has 0 bridgehead atoms. The predicted molar refractivity (Wildman–Crippen MR) is 65.9 cm³/mol. The minimum absolute atomic E-state index is 0. The standard InChI is InChI=1S/C9H20O2PS2.Zn/c1-8(2)5-6-13-12(10,11)14-7-9(3)4;/h8-9H,5-7H2,1-4H3;/q-1;+2. The molecule has 0 rings (SSSR count). The van der Waals surface area contributed by atoms with E-state index in [2.05, 4.69) is 13.8 Å². The van der Waals surface area contributed by atoms with E-state index in [0.29, 0.717) is 17.6 Å². The minimum Gasteiger partial charge on any atom is -0.790 e. The summed E-state index contributed by atoms with van der Waals surface area (Å²) in [5, 5.41) is 0. The molecule has 0 unspecified atom stereocenters. The number of hydrogen-bond acceptors (Lipinski definition) is 3. The van der Waals surface area contributed by atoms with Crippen molar-refractivity contribution >= 4 is 28.0 Å². The van der Waals surface area contributed by atoms with Crippen molar-refractivity contribution in [2.45, 2.75) is 34.1 Å². The molecule has 0 spiro atoms. The third kappa shape index (κ3) is 13.5. The van der Waals surface area contributed by atoms with E-state index in [0.717, 1.165) is 34.5 Å². The molecule has 0 aromatic carbocycles. The average molecular weight is 321 g/mol. The maximum atomic E-state index is 11.5. The second-order valence-electron chi connectivity index (χ2n) is 4.15. The van der Waals surface area contributed by atoms with Crippen LogP contribution in [0.2, 0.25) is 0 Å². The summed E-state index contributed by atoms with van der Waals surface area (Å²) in [5.74, 6) is 2.45. The number of hydrogen-bond donors (Lipinski definition) is 0. The fourth-order valence-electron chi connectivity index (χ4n) is 0.678. The molecular formula is C9H20O2PS2Zn+. The first-order valence-electron chi connectivity index (χ1n) is 4.93. The maximum absolute atomic E-state index is 11.5. The van der Waals surface area contributed by atoms with Gasteiger partial charge in [0.2, 0.25) is 0 Å². The van der Waals surface area contributed by atoms with E-state index in [1.54, 1.807) is 0 Å². The molecule has 0 saturated heterocycles. The topological polar surface area (TPSA) is 46.1 Å². The molecule has 0 aliphatic heterocycles. The average Bonchev–Trinajstić information content (AvgIpc) is 2.00. The molecule has 0 aliphatic rings. The fourth-order valence-corrected chi connectivity index (χ4v) is 6.58. The maximum Gasteiger partial charge on any atom is 2.00 e. The zero-order valence-electron chi connectivity index (χ0n) is 10.1. The van der Waals surface area contributed by atoms with Crippen LogP contribution in [-0.2, 0) is 30.4 Å². The monoisotopic (exact) mass is 319 g/mol. The van der Waals surface area contributed by atoms with Gasteiger partial charge in [0.15, 0.2) is 5.75 Å². The fraction of sp³-hybridized carbons (Fsp3) is 1.00. The van der Waals surface area contributed by atoms with Gasteiger partial charge in [-0.2, -0.15) is 0 Å². The van der Waals surface area contributed by atoms with Crippen LogP contribution in [0.15, 0.2) is 0 Å². The Balaban J connectivity index is 0. The molecule has 0 heterocycles. The Morgan fingerprint density at radius 2 is 1.67 bits per heavy atom. The molecule has 0 aromatic heterocycles. The molecule has 0 amide bonds. The molecule has 0 aliphatic carbocycles. The Morgan fingerprint density at radius 3 is 2.07 bits per heavy atom. The summed E-state index contributed by atoms with van der Waals surface area (Å²) in [6, 6.07) is 0. The van der Waals surface area contributed by atoms with E-state index in [9.17, 15) is 9.79 Å². The SMILES string of the molecule is CC(C)CC[S+]=P([O-])([O-])SCC(C)C.[Zn+2]. The third-order valence-electron chi connectivity index (χ3n) is 1.51. The van der Waals surface area contributed by atoms with Gasteiger partial charge in [-0.15, -0.1) is 11.4 Å². The van der Waals surface area contributed by atoms with E-state index < -0.39 is 5.69 Å². The van der Waals surface area contributed by atoms with Crippen molar-refractivity contribution in [3.63, 3.8) is 0 Å². The summed E-state index contributed by atoms with van der Waals surface area (Å²) in [7, 11) is 1.11. The van der Waals surface area contributed by atoms with Crippen molar-refractivity contribution in [1.82, 2.24) is 0 Å². The van der Waals surface area contributed by atoms with Gasteiger partial charge in [-0.25, -0.2) is 0 Å². The van der Waals surface area contributed by atoms with Gasteiger partial charge in [0, 0.05) is 17.9 Å². The molecule has 0 saturated carbocycles. The summed E-state index contributed by atoms with van der Waals surface area (Å²) >= 11 is 1.10. The summed E-state index contributed by atoms with van der Waals surface area (Å²) in [6.45, 7) is 8.28. The van der Waals surface area contributed by atoms with Crippen LogP contribution in [0.25, 0.3) is 0 Å². The van der Waals surface area contributed by atoms with Crippen LogP contribution in [0.1, 0.15) is 34.1 Å². The molecule has 86 valence electrons. The largest absolute Gasteiger partial charge is 2.00 e. The van der Waals surface area contributed by atoms with Crippen LogP contribution < -0.4 is 9.79 Å². The first kappa shape index (κ1) is 18.9. The Labute approximate surface area is 114 Å². The Morgan fingerprint density at radius 1 is 1.13 bits per heavy atom. The van der Waals surface area contributed by atoms with Crippen molar-refractivity contribution in [3.8, 4) is 0 Å². The Hall–Kier alpha value is 1.54. The van der Waals surface area contributed by atoms with Gasteiger partial charge in [-0.3, -0.25) is 0 Å². The van der Waals surface area contributed by atoms with Crippen molar-refractivity contribution in [1.29, 1.82) is 0 Å².